The quantitative estimate of drug-likeness (QED) is 0.510. The molecule has 2 N–H and O–H groups in total. The Hall–Kier alpha value is -2.03. The summed E-state index contributed by atoms with van der Waals surface area (Å²) in [6.45, 7) is 8.98. The van der Waals surface area contributed by atoms with Crippen molar-refractivity contribution in [3.8, 4) is 0 Å². The average Bonchev–Trinajstić information content (AvgIpc) is 3.31. The number of ether oxygens (including phenoxy) is 3. The highest BCUT2D eigenvalue weighted by Gasteiger charge is 2.63. The fourth-order valence-corrected chi connectivity index (χ4v) is 9.61. The van der Waals surface area contributed by atoms with Gasteiger partial charge in [0.15, 0.2) is 0 Å². The zero-order valence-electron chi connectivity index (χ0n) is 19.2. The van der Waals surface area contributed by atoms with E-state index in [0.717, 1.165) is 0 Å². The van der Waals surface area contributed by atoms with Crippen molar-refractivity contribution < 1.29 is 23.4 Å². The molecule has 0 amide bonds. The van der Waals surface area contributed by atoms with Crippen LogP contribution < -0.4 is 16.1 Å². The molecular weight excluding hydrogens is 422 g/mol. The number of nitrogens with two attached hydrogens (primary N) is 1. The maximum Gasteiger partial charge on any atom is 0.366 e. The summed E-state index contributed by atoms with van der Waals surface area (Å²) in [6.07, 6.45) is -0.547. The topological polar surface area (TPSA) is 80.0 Å². The molecule has 0 aliphatic carbocycles. The van der Waals surface area contributed by atoms with E-state index >= 15 is 0 Å². The number of benzene rings is 2. The van der Waals surface area contributed by atoms with Crippen LogP contribution >= 0.6 is 0 Å². The van der Waals surface area contributed by atoms with E-state index in [2.05, 4.69) is 69.3 Å². The summed E-state index contributed by atoms with van der Waals surface area (Å²) >= 11 is 0. The highest BCUT2D eigenvalue weighted by Crippen LogP contribution is 2.44. The molecule has 4 atom stereocenters. The largest absolute Gasteiger partial charge is 0.462 e. The van der Waals surface area contributed by atoms with Gasteiger partial charge < -0.3 is 24.4 Å². The van der Waals surface area contributed by atoms with Gasteiger partial charge >= 0.3 is 5.97 Å². The Balaban J connectivity index is 1.67. The molecule has 2 aromatic carbocycles. The average molecular weight is 456 g/mol. The van der Waals surface area contributed by atoms with Crippen molar-refractivity contribution in [3.05, 3.63) is 60.7 Å². The highest BCUT2D eigenvalue weighted by molar-refractivity contribution is 6.99. The number of hydrogen-bond donors (Lipinski definition) is 1. The van der Waals surface area contributed by atoms with Gasteiger partial charge in [0.25, 0.3) is 14.1 Å². The zero-order valence-corrected chi connectivity index (χ0v) is 20.2. The SMILES string of the molecule is CCOC(=O)C12CC(N)C(O1)C(CO[Si](c1ccccc1)(c1ccccc1)C(C)(C)C)O2. The molecule has 32 heavy (non-hydrogen) atoms. The molecule has 2 fully saturated rings. The molecule has 2 aliphatic rings. The summed E-state index contributed by atoms with van der Waals surface area (Å²) in [6, 6.07) is 20.5. The Labute approximate surface area is 191 Å². The van der Waals surface area contributed by atoms with Crippen LogP contribution in [0.2, 0.25) is 5.04 Å². The second kappa shape index (κ2) is 8.72. The van der Waals surface area contributed by atoms with Gasteiger partial charge in [-0.2, -0.15) is 0 Å². The van der Waals surface area contributed by atoms with Crippen LogP contribution in [0.1, 0.15) is 34.1 Å². The monoisotopic (exact) mass is 455 g/mol. The van der Waals surface area contributed by atoms with Crippen LogP contribution in [0.15, 0.2) is 60.7 Å². The van der Waals surface area contributed by atoms with Crippen LogP contribution in [-0.4, -0.2) is 51.5 Å². The summed E-state index contributed by atoms with van der Waals surface area (Å²) in [4.78, 5) is 12.6. The molecule has 2 aliphatic heterocycles. The summed E-state index contributed by atoms with van der Waals surface area (Å²) in [5.41, 5.74) is 6.32. The third-order valence-electron chi connectivity index (χ3n) is 6.43. The second-order valence-electron chi connectivity index (χ2n) is 9.55. The van der Waals surface area contributed by atoms with Gasteiger partial charge in [0, 0.05) is 12.5 Å². The maximum atomic E-state index is 12.6. The minimum absolute atomic E-state index is 0.158. The van der Waals surface area contributed by atoms with Gasteiger partial charge in [0.2, 0.25) is 0 Å². The standard InChI is InChI=1S/C25H33NO5Si/c1-5-28-23(27)25-16-20(26)22(31-25)21(30-25)17-29-32(24(2,3)4,18-12-8-6-9-13-18)19-14-10-7-11-15-19/h6-15,20-22H,5,16-17,26H2,1-4H3. The third-order valence-corrected chi connectivity index (χ3v) is 11.4. The minimum atomic E-state index is -2.73. The van der Waals surface area contributed by atoms with E-state index < -0.39 is 32.3 Å². The van der Waals surface area contributed by atoms with E-state index in [0.29, 0.717) is 6.42 Å². The molecule has 2 heterocycles. The third kappa shape index (κ3) is 3.82. The predicted octanol–water partition coefficient (Wildman–Crippen LogP) is 2.34. The first kappa shape index (κ1) is 23.1. The van der Waals surface area contributed by atoms with Crippen molar-refractivity contribution in [1.82, 2.24) is 0 Å². The second-order valence-corrected chi connectivity index (χ2v) is 13.9. The van der Waals surface area contributed by atoms with Crippen molar-refractivity contribution in [1.29, 1.82) is 0 Å². The first-order chi connectivity index (χ1) is 15.2. The van der Waals surface area contributed by atoms with Crippen LogP contribution in [0.25, 0.3) is 0 Å². The van der Waals surface area contributed by atoms with Crippen LogP contribution in [0.5, 0.6) is 0 Å². The Morgan fingerprint density at radius 1 is 1.06 bits per heavy atom. The van der Waals surface area contributed by atoms with E-state index in [1.165, 1.54) is 10.4 Å². The Morgan fingerprint density at radius 2 is 1.62 bits per heavy atom. The number of fused-ring (bicyclic) bond motifs is 2. The minimum Gasteiger partial charge on any atom is -0.462 e. The molecule has 0 spiro atoms. The number of carbonyl (C=O) groups is 1. The van der Waals surface area contributed by atoms with E-state index in [1.54, 1.807) is 6.92 Å². The van der Waals surface area contributed by atoms with E-state index in [1.807, 2.05) is 12.1 Å². The summed E-state index contributed by atoms with van der Waals surface area (Å²) < 4.78 is 24.3. The van der Waals surface area contributed by atoms with Gasteiger partial charge in [-0.15, -0.1) is 0 Å². The lowest BCUT2D eigenvalue weighted by molar-refractivity contribution is -0.208. The molecule has 2 saturated heterocycles. The number of esters is 1. The number of carbonyl (C=O) groups excluding carboxylic acids is 1. The van der Waals surface area contributed by atoms with Crippen molar-refractivity contribution in [3.63, 3.8) is 0 Å². The number of rotatable bonds is 7. The van der Waals surface area contributed by atoms with E-state index in [4.69, 9.17) is 24.4 Å². The predicted molar refractivity (Wildman–Crippen MR) is 125 cm³/mol. The number of hydrogen-bond acceptors (Lipinski definition) is 6. The molecule has 4 rings (SSSR count). The fraction of sp³-hybridized carbons (Fsp3) is 0.480. The van der Waals surface area contributed by atoms with Gasteiger partial charge in [-0.1, -0.05) is 81.4 Å². The Morgan fingerprint density at radius 3 is 2.12 bits per heavy atom. The maximum absolute atomic E-state index is 12.6. The zero-order chi connectivity index (χ0) is 23.0. The summed E-state index contributed by atoms with van der Waals surface area (Å²) in [5, 5.41) is 2.22. The fourth-order valence-electron chi connectivity index (χ4n) is 5.04. The van der Waals surface area contributed by atoms with Crippen LogP contribution in [-0.2, 0) is 23.4 Å². The molecule has 6 nitrogen and oxygen atoms in total. The Kier molecular flexibility index (Phi) is 6.31. The first-order valence-electron chi connectivity index (χ1n) is 11.3. The normalized spacial score (nSPS) is 27.5. The lowest BCUT2D eigenvalue weighted by Crippen LogP contribution is -2.67. The summed E-state index contributed by atoms with van der Waals surface area (Å²) in [7, 11) is -2.73. The van der Waals surface area contributed by atoms with Gasteiger partial charge in [-0.05, 0) is 22.3 Å². The van der Waals surface area contributed by atoms with Crippen molar-refractivity contribution in [2.75, 3.05) is 13.2 Å². The van der Waals surface area contributed by atoms with Gasteiger partial charge in [-0.3, -0.25) is 0 Å². The molecule has 2 bridgehead atoms. The first-order valence-corrected chi connectivity index (χ1v) is 13.2. The summed E-state index contributed by atoms with van der Waals surface area (Å²) in [5.74, 6) is -1.93. The molecule has 2 aromatic rings. The van der Waals surface area contributed by atoms with Gasteiger partial charge in [0.05, 0.1) is 13.2 Å². The molecule has 4 unspecified atom stereocenters. The van der Waals surface area contributed by atoms with E-state index in [9.17, 15) is 4.79 Å². The van der Waals surface area contributed by atoms with Gasteiger partial charge in [0.1, 0.15) is 12.2 Å². The van der Waals surface area contributed by atoms with Crippen molar-refractivity contribution in [2.24, 2.45) is 5.73 Å². The van der Waals surface area contributed by atoms with Crippen molar-refractivity contribution in [2.45, 2.75) is 63.2 Å². The molecule has 0 aromatic heterocycles. The molecular formula is C25H33NO5Si. The lowest BCUT2D eigenvalue weighted by Gasteiger charge is -2.44. The molecule has 0 radical (unpaired) electrons. The molecule has 172 valence electrons. The van der Waals surface area contributed by atoms with Crippen LogP contribution in [0, 0.1) is 0 Å². The van der Waals surface area contributed by atoms with Crippen LogP contribution in [0.4, 0.5) is 0 Å². The molecule has 0 saturated carbocycles. The lowest BCUT2D eigenvalue weighted by atomic mass is 9.99. The van der Waals surface area contributed by atoms with E-state index in [-0.39, 0.29) is 24.3 Å². The smallest absolute Gasteiger partial charge is 0.366 e. The van der Waals surface area contributed by atoms with Gasteiger partial charge in [-0.25, -0.2) is 4.79 Å². The van der Waals surface area contributed by atoms with Crippen molar-refractivity contribution >= 4 is 24.7 Å². The highest BCUT2D eigenvalue weighted by atomic mass is 28.4. The van der Waals surface area contributed by atoms with Crippen LogP contribution in [0.3, 0.4) is 0 Å². The molecule has 7 heteroatoms. The Bertz CT molecular complexity index is 893.